The van der Waals surface area contributed by atoms with Gasteiger partial charge in [-0.3, -0.25) is 4.79 Å². The van der Waals surface area contributed by atoms with Crippen LogP contribution in [0.15, 0.2) is 34.9 Å². The summed E-state index contributed by atoms with van der Waals surface area (Å²) in [6.07, 6.45) is 3.25. The summed E-state index contributed by atoms with van der Waals surface area (Å²) in [6.45, 7) is 6.27. The standard InChI is InChI=1S/C19H25ClN2O3/c1-14(2)13-24-11-5-10-21-18(23)8-9-19-22-12-17(25-19)15-6-3-4-7-16(15)20/h3-4,6-7,12,14H,5,8-11,13H2,1-2H3,(H,21,23). The van der Waals surface area contributed by atoms with Crippen LogP contribution in [0.3, 0.4) is 0 Å². The van der Waals surface area contributed by atoms with E-state index in [1.165, 1.54) is 0 Å². The second kappa shape index (κ2) is 10.2. The van der Waals surface area contributed by atoms with Gasteiger partial charge in [0.15, 0.2) is 11.7 Å². The van der Waals surface area contributed by atoms with E-state index in [-0.39, 0.29) is 5.91 Å². The Kier molecular flexibility index (Phi) is 7.95. The van der Waals surface area contributed by atoms with Crippen molar-refractivity contribution >= 4 is 17.5 Å². The summed E-state index contributed by atoms with van der Waals surface area (Å²) in [5.41, 5.74) is 0.800. The predicted molar refractivity (Wildman–Crippen MR) is 98.6 cm³/mol. The summed E-state index contributed by atoms with van der Waals surface area (Å²) in [5.74, 6) is 1.67. The van der Waals surface area contributed by atoms with E-state index in [9.17, 15) is 4.79 Å². The molecular weight excluding hydrogens is 340 g/mol. The topological polar surface area (TPSA) is 64.4 Å². The van der Waals surface area contributed by atoms with E-state index < -0.39 is 0 Å². The molecule has 1 amide bonds. The molecule has 1 heterocycles. The first-order valence-corrected chi connectivity index (χ1v) is 8.98. The first-order valence-electron chi connectivity index (χ1n) is 8.60. The maximum atomic E-state index is 11.8. The molecule has 0 aliphatic rings. The average Bonchev–Trinajstić information content (AvgIpc) is 3.05. The third-order valence-electron chi connectivity index (χ3n) is 3.50. The summed E-state index contributed by atoms with van der Waals surface area (Å²) in [5, 5.41) is 3.49. The number of halogens is 1. The molecule has 0 unspecified atom stereocenters. The smallest absolute Gasteiger partial charge is 0.220 e. The molecular formula is C19H25ClN2O3. The highest BCUT2D eigenvalue weighted by Crippen LogP contribution is 2.28. The summed E-state index contributed by atoms with van der Waals surface area (Å²) in [7, 11) is 0. The molecule has 136 valence electrons. The fourth-order valence-corrected chi connectivity index (χ4v) is 2.47. The van der Waals surface area contributed by atoms with Crippen molar-refractivity contribution in [2.75, 3.05) is 19.8 Å². The molecule has 0 saturated carbocycles. The third-order valence-corrected chi connectivity index (χ3v) is 3.83. The van der Waals surface area contributed by atoms with Gasteiger partial charge >= 0.3 is 0 Å². The number of nitrogens with zero attached hydrogens (tertiary/aromatic N) is 1. The van der Waals surface area contributed by atoms with Crippen molar-refractivity contribution in [3.05, 3.63) is 41.4 Å². The largest absolute Gasteiger partial charge is 0.441 e. The van der Waals surface area contributed by atoms with Crippen LogP contribution in [0.25, 0.3) is 11.3 Å². The van der Waals surface area contributed by atoms with Gasteiger partial charge in [0.2, 0.25) is 5.91 Å². The van der Waals surface area contributed by atoms with Crippen molar-refractivity contribution in [1.82, 2.24) is 10.3 Å². The van der Waals surface area contributed by atoms with Crippen LogP contribution < -0.4 is 5.32 Å². The van der Waals surface area contributed by atoms with Crippen LogP contribution >= 0.6 is 11.6 Å². The van der Waals surface area contributed by atoms with Gasteiger partial charge in [-0.05, 0) is 24.5 Å². The summed E-state index contributed by atoms with van der Waals surface area (Å²) < 4.78 is 11.2. The highest BCUT2D eigenvalue weighted by molar-refractivity contribution is 6.33. The Morgan fingerprint density at radius 1 is 1.36 bits per heavy atom. The lowest BCUT2D eigenvalue weighted by molar-refractivity contribution is -0.121. The van der Waals surface area contributed by atoms with E-state index >= 15 is 0 Å². The van der Waals surface area contributed by atoms with Gasteiger partial charge in [0.1, 0.15) is 0 Å². The van der Waals surface area contributed by atoms with Gasteiger partial charge in [-0.2, -0.15) is 0 Å². The number of ether oxygens (including phenoxy) is 1. The number of hydrogen-bond donors (Lipinski definition) is 1. The van der Waals surface area contributed by atoms with E-state index in [0.29, 0.717) is 48.6 Å². The average molecular weight is 365 g/mol. The number of amides is 1. The summed E-state index contributed by atoms with van der Waals surface area (Å²) in [4.78, 5) is 16.1. The Bertz CT molecular complexity index is 670. The van der Waals surface area contributed by atoms with Gasteiger partial charge in [0.25, 0.3) is 0 Å². The van der Waals surface area contributed by atoms with Crippen LogP contribution in [0.1, 0.15) is 32.6 Å². The number of aromatic nitrogens is 1. The fourth-order valence-electron chi connectivity index (χ4n) is 2.24. The molecule has 0 aliphatic carbocycles. The Morgan fingerprint density at radius 3 is 2.92 bits per heavy atom. The van der Waals surface area contributed by atoms with Crippen LogP contribution in [0.2, 0.25) is 5.02 Å². The van der Waals surface area contributed by atoms with Gasteiger partial charge < -0.3 is 14.5 Å². The molecule has 6 heteroatoms. The highest BCUT2D eigenvalue weighted by Gasteiger charge is 2.10. The van der Waals surface area contributed by atoms with Crippen molar-refractivity contribution in [2.45, 2.75) is 33.1 Å². The lowest BCUT2D eigenvalue weighted by Crippen LogP contribution is -2.25. The minimum atomic E-state index is -0.0126. The summed E-state index contributed by atoms with van der Waals surface area (Å²) in [6, 6.07) is 7.43. The highest BCUT2D eigenvalue weighted by atomic mass is 35.5. The molecule has 0 saturated heterocycles. The number of rotatable bonds is 10. The fraction of sp³-hybridized carbons (Fsp3) is 0.474. The maximum Gasteiger partial charge on any atom is 0.220 e. The Morgan fingerprint density at radius 2 is 2.16 bits per heavy atom. The number of aryl methyl sites for hydroxylation is 1. The lowest BCUT2D eigenvalue weighted by atomic mass is 10.2. The van der Waals surface area contributed by atoms with Gasteiger partial charge in [-0.15, -0.1) is 0 Å². The number of benzene rings is 1. The molecule has 1 aromatic heterocycles. The molecule has 0 aliphatic heterocycles. The van der Waals surface area contributed by atoms with Crippen LogP contribution in [0.5, 0.6) is 0 Å². The molecule has 1 N–H and O–H groups in total. The molecule has 5 nitrogen and oxygen atoms in total. The number of hydrogen-bond acceptors (Lipinski definition) is 4. The van der Waals surface area contributed by atoms with Crippen molar-refractivity contribution < 1.29 is 13.9 Å². The zero-order valence-corrected chi connectivity index (χ0v) is 15.5. The minimum absolute atomic E-state index is 0.0126. The maximum absolute atomic E-state index is 11.8. The number of nitrogens with one attached hydrogen (secondary N) is 1. The molecule has 25 heavy (non-hydrogen) atoms. The Labute approximate surface area is 153 Å². The van der Waals surface area contributed by atoms with E-state index in [2.05, 4.69) is 24.1 Å². The number of carbonyl (C=O) groups is 1. The summed E-state index contributed by atoms with van der Waals surface area (Å²) >= 11 is 6.14. The SMILES string of the molecule is CC(C)COCCCNC(=O)CCc1ncc(-c2ccccc2Cl)o1. The van der Waals surface area contributed by atoms with Crippen LogP contribution in [-0.2, 0) is 16.0 Å². The predicted octanol–water partition coefficient (Wildman–Crippen LogP) is 4.11. The van der Waals surface area contributed by atoms with E-state index in [1.54, 1.807) is 12.3 Å². The molecule has 0 fully saturated rings. The van der Waals surface area contributed by atoms with Gasteiger partial charge in [-0.1, -0.05) is 37.6 Å². The third kappa shape index (κ3) is 6.88. The molecule has 2 aromatic rings. The molecule has 2 rings (SSSR count). The van der Waals surface area contributed by atoms with Crippen molar-refractivity contribution in [3.63, 3.8) is 0 Å². The van der Waals surface area contributed by atoms with Crippen LogP contribution in [0.4, 0.5) is 0 Å². The monoisotopic (exact) mass is 364 g/mol. The normalized spacial score (nSPS) is 11.0. The number of oxazole rings is 1. The van der Waals surface area contributed by atoms with Crippen LogP contribution in [0, 0.1) is 5.92 Å². The van der Waals surface area contributed by atoms with E-state index in [1.807, 2.05) is 18.2 Å². The second-order valence-electron chi connectivity index (χ2n) is 6.27. The first kappa shape index (κ1) is 19.5. The minimum Gasteiger partial charge on any atom is -0.441 e. The zero-order valence-electron chi connectivity index (χ0n) is 14.8. The quantitative estimate of drug-likeness (QED) is 0.644. The van der Waals surface area contributed by atoms with Crippen molar-refractivity contribution in [1.29, 1.82) is 0 Å². The molecule has 1 aromatic carbocycles. The molecule has 0 radical (unpaired) electrons. The van der Waals surface area contributed by atoms with E-state index in [4.69, 9.17) is 20.8 Å². The van der Waals surface area contributed by atoms with Crippen molar-refractivity contribution in [2.24, 2.45) is 5.92 Å². The van der Waals surface area contributed by atoms with Crippen LogP contribution in [-0.4, -0.2) is 30.6 Å². The van der Waals surface area contributed by atoms with E-state index in [0.717, 1.165) is 18.6 Å². The van der Waals surface area contributed by atoms with Crippen molar-refractivity contribution in [3.8, 4) is 11.3 Å². The lowest BCUT2D eigenvalue weighted by Gasteiger charge is -2.07. The number of carbonyl (C=O) groups excluding carboxylic acids is 1. The zero-order chi connectivity index (χ0) is 18.1. The molecule has 0 atom stereocenters. The van der Waals surface area contributed by atoms with Gasteiger partial charge in [-0.25, -0.2) is 4.98 Å². The Balaban J connectivity index is 1.68. The Hall–Kier alpha value is -1.85. The molecule has 0 bridgehead atoms. The second-order valence-corrected chi connectivity index (χ2v) is 6.68. The molecule has 0 spiro atoms. The van der Waals surface area contributed by atoms with Gasteiger partial charge in [0.05, 0.1) is 11.2 Å². The van der Waals surface area contributed by atoms with Gasteiger partial charge in [0, 0.05) is 38.2 Å². The first-order chi connectivity index (χ1) is 12.1.